The van der Waals surface area contributed by atoms with E-state index in [1.807, 2.05) is 54.8 Å². The molecule has 0 unspecified atom stereocenters. The number of carbonyl (C=O) groups is 1. The minimum atomic E-state index is -0.702. The zero-order valence-corrected chi connectivity index (χ0v) is 16.8. The monoisotopic (exact) mass is 386 g/mol. The summed E-state index contributed by atoms with van der Waals surface area (Å²) in [5.74, 6) is -0.702. The van der Waals surface area contributed by atoms with Crippen molar-refractivity contribution >= 4 is 17.6 Å². The Balaban J connectivity index is 1.82. The molecule has 6 heteroatoms. The molecule has 0 fully saturated rings. The number of pyridine rings is 1. The molecule has 0 N–H and O–H groups in total. The SMILES string of the molecule is CCCn1c(C)cc(/C=C(\C#N)C(=O)OCc2cn3ccccc3c2C#N)c1C. The lowest BCUT2D eigenvalue weighted by molar-refractivity contribution is -0.139. The molecule has 0 radical (unpaired) electrons. The normalized spacial score (nSPS) is 11.3. The molecule has 0 aliphatic carbocycles. The summed E-state index contributed by atoms with van der Waals surface area (Å²) in [6.45, 7) is 6.90. The van der Waals surface area contributed by atoms with Crippen molar-refractivity contribution in [3.8, 4) is 12.1 Å². The number of rotatable bonds is 6. The van der Waals surface area contributed by atoms with Crippen LogP contribution in [-0.4, -0.2) is 14.9 Å². The lowest BCUT2D eigenvalue weighted by Crippen LogP contribution is -2.07. The highest BCUT2D eigenvalue weighted by atomic mass is 16.5. The van der Waals surface area contributed by atoms with Gasteiger partial charge < -0.3 is 13.7 Å². The first kappa shape index (κ1) is 20.0. The topological polar surface area (TPSA) is 83.2 Å². The first-order valence-corrected chi connectivity index (χ1v) is 9.44. The van der Waals surface area contributed by atoms with E-state index in [0.717, 1.165) is 35.4 Å². The highest BCUT2D eigenvalue weighted by Crippen LogP contribution is 2.21. The average molecular weight is 386 g/mol. The summed E-state index contributed by atoms with van der Waals surface area (Å²) in [7, 11) is 0. The Bertz CT molecular complexity index is 1180. The molecule has 3 aromatic heterocycles. The fraction of sp³-hybridized carbons (Fsp3) is 0.261. The standard InChI is InChI=1S/C23H22N4O2/c1-4-8-27-16(2)10-18(17(27)3)11-19(12-24)23(28)29-15-20-14-26-9-6-5-7-22(26)21(20)13-25/h5-7,9-11,14H,4,8,15H2,1-3H3/b19-11+. The Hall–Kier alpha value is -3.77. The van der Waals surface area contributed by atoms with Gasteiger partial charge in [0.1, 0.15) is 24.3 Å². The maximum absolute atomic E-state index is 12.5. The molecule has 0 amide bonds. The number of carbonyl (C=O) groups excluding carboxylic acids is 1. The largest absolute Gasteiger partial charge is 0.457 e. The van der Waals surface area contributed by atoms with Crippen molar-refractivity contribution < 1.29 is 9.53 Å². The van der Waals surface area contributed by atoms with E-state index in [1.165, 1.54) is 0 Å². The molecule has 3 rings (SSSR count). The molecule has 0 spiro atoms. The zero-order valence-electron chi connectivity index (χ0n) is 16.8. The number of nitriles is 2. The first-order valence-electron chi connectivity index (χ1n) is 9.44. The average Bonchev–Trinajstić information content (AvgIpc) is 3.21. The molecule has 0 aliphatic heterocycles. The van der Waals surface area contributed by atoms with Crippen LogP contribution in [0, 0.1) is 36.5 Å². The maximum atomic E-state index is 12.5. The van der Waals surface area contributed by atoms with Gasteiger partial charge in [-0.3, -0.25) is 0 Å². The van der Waals surface area contributed by atoms with Crippen LogP contribution in [0.15, 0.2) is 42.2 Å². The van der Waals surface area contributed by atoms with Crippen LogP contribution in [-0.2, 0) is 22.7 Å². The Morgan fingerprint density at radius 1 is 1.28 bits per heavy atom. The summed E-state index contributed by atoms with van der Waals surface area (Å²) in [5, 5.41) is 18.9. The van der Waals surface area contributed by atoms with Gasteiger partial charge in [-0.25, -0.2) is 4.79 Å². The van der Waals surface area contributed by atoms with Gasteiger partial charge in [0, 0.05) is 35.9 Å². The highest BCUT2D eigenvalue weighted by Gasteiger charge is 2.16. The van der Waals surface area contributed by atoms with Gasteiger partial charge in [-0.15, -0.1) is 0 Å². The van der Waals surface area contributed by atoms with Crippen LogP contribution in [0.2, 0.25) is 0 Å². The number of fused-ring (bicyclic) bond motifs is 1. The summed E-state index contributed by atoms with van der Waals surface area (Å²) in [6, 6.07) is 11.6. The third-order valence-electron chi connectivity index (χ3n) is 4.93. The molecule has 0 atom stereocenters. The van der Waals surface area contributed by atoms with Crippen molar-refractivity contribution in [2.45, 2.75) is 40.3 Å². The van der Waals surface area contributed by atoms with Crippen molar-refractivity contribution in [3.63, 3.8) is 0 Å². The minimum Gasteiger partial charge on any atom is -0.457 e. The molecule has 6 nitrogen and oxygen atoms in total. The van der Waals surface area contributed by atoms with Gasteiger partial charge in [-0.2, -0.15) is 10.5 Å². The number of nitrogens with zero attached hydrogens (tertiary/aromatic N) is 4. The third kappa shape index (κ3) is 3.93. The van der Waals surface area contributed by atoms with E-state index in [-0.39, 0.29) is 12.2 Å². The fourth-order valence-corrected chi connectivity index (χ4v) is 3.47. The first-order chi connectivity index (χ1) is 14.0. The summed E-state index contributed by atoms with van der Waals surface area (Å²) in [5.41, 5.74) is 4.67. The van der Waals surface area contributed by atoms with Crippen LogP contribution >= 0.6 is 0 Å². The van der Waals surface area contributed by atoms with Crippen LogP contribution in [0.25, 0.3) is 11.6 Å². The minimum absolute atomic E-state index is 0.0657. The van der Waals surface area contributed by atoms with E-state index in [1.54, 1.807) is 12.3 Å². The Morgan fingerprint density at radius 2 is 2.07 bits per heavy atom. The van der Waals surface area contributed by atoms with Crippen molar-refractivity contribution in [1.29, 1.82) is 10.5 Å². The van der Waals surface area contributed by atoms with Crippen molar-refractivity contribution in [3.05, 3.63) is 70.3 Å². The van der Waals surface area contributed by atoms with E-state index in [0.29, 0.717) is 11.1 Å². The van der Waals surface area contributed by atoms with Crippen molar-refractivity contribution in [2.24, 2.45) is 0 Å². The second-order valence-electron chi connectivity index (χ2n) is 6.86. The summed E-state index contributed by atoms with van der Waals surface area (Å²) in [4.78, 5) is 12.5. The Morgan fingerprint density at radius 3 is 2.76 bits per heavy atom. The molecule has 3 aromatic rings. The molecular formula is C23H22N4O2. The van der Waals surface area contributed by atoms with E-state index in [9.17, 15) is 15.3 Å². The van der Waals surface area contributed by atoms with Crippen LogP contribution in [0.4, 0.5) is 0 Å². The highest BCUT2D eigenvalue weighted by molar-refractivity contribution is 5.98. The molecule has 0 saturated heterocycles. The van der Waals surface area contributed by atoms with Gasteiger partial charge in [0.15, 0.2) is 0 Å². The predicted molar refractivity (Wildman–Crippen MR) is 110 cm³/mol. The molecule has 0 bridgehead atoms. The number of aromatic nitrogens is 2. The van der Waals surface area contributed by atoms with Gasteiger partial charge in [-0.1, -0.05) is 13.0 Å². The van der Waals surface area contributed by atoms with E-state index in [4.69, 9.17) is 4.74 Å². The Kier molecular flexibility index (Phi) is 5.85. The van der Waals surface area contributed by atoms with Gasteiger partial charge in [0.05, 0.1) is 11.1 Å². The zero-order chi connectivity index (χ0) is 21.0. The van der Waals surface area contributed by atoms with Gasteiger partial charge in [0.2, 0.25) is 0 Å². The molecule has 146 valence electrons. The summed E-state index contributed by atoms with van der Waals surface area (Å²) in [6.07, 6.45) is 6.15. The molecule has 0 saturated carbocycles. The summed E-state index contributed by atoms with van der Waals surface area (Å²) < 4.78 is 9.32. The van der Waals surface area contributed by atoms with Crippen molar-refractivity contribution in [2.75, 3.05) is 0 Å². The fourth-order valence-electron chi connectivity index (χ4n) is 3.47. The van der Waals surface area contributed by atoms with E-state index in [2.05, 4.69) is 17.6 Å². The van der Waals surface area contributed by atoms with E-state index < -0.39 is 5.97 Å². The second-order valence-corrected chi connectivity index (χ2v) is 6.86. The number of aryl methyl sites for hydroxylation is 1. The van der Waals surface area contributed by atoms with Gasteiger partial charge in [0.25, 0.3) is 0 Å². The molecule has 29 heavy (non-hydrogen) atoms. The van der Waals surface area contributed by atoms with Crippen LogP contribution in [0.1, 0.15) is 41.4 Å². The number of ether oxygens (including phenoxy) is 1. The van der Waals surface area contributed by atoms with Crippen LogP contribution in [0.3, 0.4) is 0 Å². The summed E-state index contributed by atoms with van der Waals surface area (Å²) >= 11 is 0. The van der Waals surface area contributed by atoms with Crippen LogP contribution in [0.5, 0.6) is 0 Å². The van der Waals surface area contributed by atoms with E-state index >= 15 is 0 Å². The molecule has 3 heterocycles. The smallest absolute Gasteiger partial charge is 0.349 e. The molecule has 0 aromatic carbocycles. The van der Waals surface area contributed by atoms with Crippen molar-refractivity contribution in [1.82, 2.24) is 8.97 Å². The molecule has 0 aliphatic rings. The second kappa shape index (κ2) is 8.50. The molecular weight excluding hydrogens is 364 g/mol. The number of hydrogen-bond donors (Lipinski definition) is 0. The maximum Gasteiger partial charge on any atom is 0.349 e. The van der Waals surface area contributed by atoms with Gasteiger partial charge in [-0.05, 0) is 50.1 Å². The predicted octanol–water partition coefficient (Wildman–Crippen LogP) is 4.29. The Labute approximate surface area is 169 Å². The van der Waals surface area contributed by atoms with Crippen LogP contribution < -0.4 is 0 Å². The number of esters is 1. The number of hydrogen-bond acceptors (Lipinski definition) is 4. The van der Waals surface area contributed by atoms with Gasteiger partial charge >= 0.3 is 5.97 Å². The lowest BCUT2D eigenvalue weighted by atomic mass is 10.1. The lowest BCUT2D eigenvalue weighted by Gasteiger charge is -2.07. The third-order valence-corrected chi connectivity index (χ3v) is 4.93. The quantitative estimate of drug-likeness (QED) is 0.359.